The molecule has 16 rings (SSSR count). The van der Waals surface area contributed by atoms with E-state index in [4.69, 9.17) is 18.9 Å². The van der Waals surface area contributed by atoms with E-state index in [1.807, 2.05) is 68.6 Å². The lowest BCUT2D eigenvalue weighted by Crippen LogP contribution is -2.30. The molecule has 4 saturated heterocycles. The summed E-state index contributed by atoms with van der Waals surface area (Å²) in [4.78, 5) is 42.4. The molecule has 20 heteroatoms. The van der Waals surface area contributed by atoms with Gasteiger partial charge in [0.15, 0.2) is 34.7 Å². The SMILES string of the molecule is Cc1ccc(OC2C[C@@H]3CN(CC(=O)c4ccc(O)c(F)c4)C[C@@H]3C2)cc1.Cc1ccc(OC2C[C@@H]3CN(CC(=O)c4ccc(O)cc4)C[C@@H]3C2)cn1.Cc1ccc(OC2C[C@@H]3CN(CC(O)c4ccc(O)c(F)c4)C[C@@H]3C2)cc1.Cc1ccc(OC2C[C@@H]3CN(CC(O)c4ccc(O)cc4)C[C@@H]3C2)cn1. The highest BCUT2D eigenvalue weighted by atomic mass is 19.1. The van der Waals surface area contributed by atoms with Crippen LogP contribution in [-0.4, -0.2) is 175 Å². The number of nitrogens with zero attached hydrogens (tertiary/aromatic N) is 6. The lowest BCUT2D eigenvalue weighted by atomic mass is 10.0. The molecule has 4 saturated carbocycles. The van der Waals surface area contributed by atoms with Gasteiger partial charge in [-0.3, -0.25) is 39.2 Å². The van der Waals surface area contributed by atoms with Gasteiger partial charge < -0.3 is 49.6 Å². The van der Waals surface area contributed by atoms with Crippen molar-refractivity contribution < 1.29 is 68.0 Å². The molecular weight excluding hydrogens is 1350 g/mol. The molecule has 4 aliphatic carbocycles. The molecule has 6 heterocycles. The topological polar surface area (TPSA) is 231 Å². The number of β-amino-alcohol motifs (C(OH)–C–C–N with tert-alkyl or cyclic N) is 2. The molecule has 6 unspecified atom stereocenters. The molecule has 6 N–H and O–H groups in total. The number of halogens is 2. The van der Waals surface area contributed by atoms with Gasteiger partial charge >= 0.3 is 0 Å². The summed E-state index contributed by atoms with van der Waals surface area (Å²) in [7, 11) is 0. The fourth-order valence-electron chi connectivity index (χ4n) is 17.4. The number of carbonyl (C=O) groups is 2. The first-order valence-corrected chi connectivity index (χ1v) is 37.6. The number of Topliss-reactive ketones (excluding diaryl/α,β-unsaturated/α-hetero) is 2. The number of rotatable bonds is 20. The zero-order valence-corrected chi connectivity index (χ0v) is 61.0. The normalized spacial score (nSPS) is 25.7. The Morgan fingerprint density at radius 2 is 0.698 bits per heavy atom. The number of aromatic nitrogens is 2. The Morgan fingerprint density at radius 3 is 1.07 bits per heavy atom. The number of likely N-dealkylation sites (tertiary alicyclic amines) is 4. The molecule has 18 nitrogen and oxygen atoms in total. The third-order valence-electron chi connectivity index (χ3n) is 22.8. The van der Waals surface area contributed by atoms with E-state index in [1.54, 1.807) is 60.8 Å². The highest BCUT2D eigenvalue weighted by Gasteiger charge is 2.46. The number of fused-ring (bicyclic) bond motifs is 4. The van der Waals surface area contributed by atoms with Crippen LogP contribution in [-0.2, 0) is 0 Å². The van der Waals surface area contributed by atoms with Crippen LogP contribution < -0.4 is 18.9 Å². The fraction of sp³-hybridized carbons (Fsp3) is 0.442. The van der Waals surface area contributed by atoms with Crippen molar-refractivity contribution in [2.24, 2.45) is 47.3 Å². The van der Waals surface area contributed by atoms with E-state index in [0.29, 0.717) is 90.2 Å². The maximum Gasteiger partial charge on any atom is 0.176 e. The number of aliphatic hydroxyl groups excluding tert-OH is 2. The van der Waals surface area contributed by atoms with E-state index < -0.39 is 29.6 Å². The van der Waals surface area contributed by atoms with E-state index in [1.165, 1.54) is 35.4 Å². The van der Waals surface area contributed by atoms with Crippen molar-refractivity contribution in [1.29, 1.82) is 0 Å². The predicted molar refractivity (Wildman–Crippen MR) is 400 cm³/mol. The largest absolute Gasteiger partial charge is 0.508 e. The lowest BCUT2D eigenvalue weighted by molar-refractivity contribution is 0.0928. The minimum atomic E-state index is -0.754. The van der Waals surface area contributed by atoms with Gasteiger partial charge in [-0.25, -0.2) is 8.78 Å². The van der Waals surface area contributed by atoms with Gasteiger partial charge in [-0.1, -0.05) is 53.6 Å². The Bertz CT molecular complexity index is 4160. The van der Waals surface area contributed by atoms with Crippen LogP contribution in [0.25, 0.3) is 0 Å². The van der Waals surface area contributed by atoms with Gasteiger partial charge in [-0.2, -0.15) is 0 Å². The van der Waals surface area contributed by atoms with Crippen LogP contribution in [0.3, 0.4) is 0 Å². The van der Waals surface area contributed by atoms with Gasteiger partial charge in [0.05, 0.1) is 62.1 Å². The average Bonchev–Trinajstić information content (AvgIpc) is 1.68. The Kier molecular flexibility index (Phi) is 24.3. The third-order valence-corrected chi connectivity index (χ3v) is 22.8. The van der Waals surface area contributed by atoms with Gasteiger partial charge in [-0.05, 0) is 253 Å². The standard InChI is InChI=1S/C22H26FNO3.C22H24FNO3.C21H26N2O3.C21H24N2O3/c2*1-14-2-5-18(6-3-14)27-19-8-16-11-24(12-17(16)9-19)13-22(26)15-4-7-21(25)20(23)10-15;2*1-14-2-7-19(10-22-14)26-20-8-16-11-23(12-17(16)9-20)13-21(25)15-3-5-18(24)6-4-15/h2-7,10,16-17,19,22,25-26H,8-9,11-13H2,1H3;2-7,10,16-17,19,25H,8-9,11-13H2,1H3;2-7,10,16-17,20-21,24-25H,8-9,11-13H2,1H3;2-7,10,16-17,20,24H,8-9,11-13H2,1H3/t16-,17+,19?,22?;16-,17+,19?;16-,17+,20?,21?;16-,17+,20?. The monoisotopic (exact) mass is 1450 g/mol. The second-order valence-electron chi connectivity index (χ2n) is 31.0. The molecule has 4 aliphatic heterocycles. The predicted octanol–water partition coefficient (Wildman–Crippen LogP) is 13.5. The maximum atomic E-state index is 13.5. The van der Waals surface area contributed by atoms with Gasteiger partial charge in [0, 0.05) is 88.0 Å². The van der Waals surface area contributed by atoms with Gasteiger partial charge in [0.25, 0.3) is 0 Å². The molecule has 0 spiro atoms. The van der Waals surface area contributed by atoms with Crippen molar-refractivity contribution in [3.63, 3.8) is 0 Å². The summed E-state index contributed by atoms with van der Waals surface area (Å²) >= 11 is 0. The van der Waals surface area contributed by atoms with Crippen molar-refractivity contribution in [3.8, 4) is 46.0 Å². The number of pyridine rings is 2. The molecular formula is C86H100F2N6O12. The van der Waals surface area contributed by atoms with E-state index in [2.05, 4.69) is 67.7 Å². The average molecular weight is 1450 g/mol. The summed E-state index contributed by atoms with van der Waals surface area (Å²) in [5.41, 5.74) is 6.78. The molecule has 0 amide bonds. The van der Waals surface area contributed by atoms with E-state index >= 15 is 0 Å². The summed E-state index contributed by atoms with van der Waals surface area (Å²) in [5.74, 6) is 6.48. The van der Waals surface area contributed by atoms with E-state index in [0.717, 1.165) is 150 Å². The maximum absolute atomic E-state index is 13.5. The number of aromatic hydroxyl groups is 4. The second-order valence-corrected chi connectivity index (χ2v) is 31.0. The van der Waals surface area contributed by atoms with Crippen LogP contribution in [0.4, 0.5) is 8.78 Å². The molecule has 8 aliphatic rings. The lowest BCUT2D eigenvalue weighted by Gasteiger charge is -2.22. The van der Waals surface area contributed by atoms with Gasteiger partial charge in [0.2, 0.25) is 0 Å². The Morgan fingerprint density at radius 1 is 0.387 bits per heavy atom. The third kappa shape index (κ3) is 20.0. The number of ketones is 2. The zero-order valence-electron chi connectivity index (χ0n) is 61.0. The Labute approximate surface area is 620 Å². The quantitative estimate of drug-likeness (QED) is 0.0390. The minimum Gasteiger partial charge on any atom is -0.508 e. The number of hydrogen-bond donors (Lipinski definition) is 6. The van der Waals surface area contributed by atoms with Gasteiger partial charge in [-0.15, -0.1) is 0 Å². The molecule has 0 bridgehead atoms. The fourth-order valence-corrected chi connectivity index (χ4v) is 17.4. The summed E-state index contributed by atoms with van der Waals surface area (Å²) in [6.45, 7) is 17.5. The number of benzene rings is 6. The summed E-state index contributed by atoms with van der Waals surface area (Å²) in [5, 5.41) is 58.1. The van der Waals surface area contributed by atoms with E-state index in [9.17, 15) is 49.0 Å². The molecule has 106 heavy (non-hydrogen) atoms. The molecule has 8 aromatic rings. The second kappa shape index (κ2) is 34.3. The number of aryl methyl sites for hydroxylation is 4. The Balaban J connectivity index is 0.000000125. The van der Waals surface area contributed by atoms with Crippen molar-refractivity contribution in [2.75, 3.05) is 78.5 Å². The zero-order chi connectivity index (χ0) is 74.1. The number of aliphatic hydroxyl groups is 2. The summed E-state index contributed by atoms with van der Waals surface area (Å²) in [6, 6.07) is 45.5. The van der Waals surface area contributed by atoms with Crippen LogP contribution in [0.1, 0.15) is 118 Å². The number of ether oxygens (including phenoxy) is 4. The van der Waals surface area contributed by atoms with Crippen LogP contribution in [0.15, 0.2) is 170 Å². The molecule has 8 fully saturated rings. The molecule has 2 aromatic heterocycles. The Hall–Kier alpha value is -9.02. The number of hydrogen-bond acceptors (Lipinski definition) is 18. The van der Waals surface area contributed by atoms with Crippen LogP contribution in [0.5, 0.6) is 46.0 Å². The van der Waals surface area contributed by atoms with Crippen molar-refractivity contribution in [1.82, 2.24) is 29.6 Å². The highest BCUT2D eigenvalue weighted by molar-refractivity contribution is 5.98. The minimum absolute atomic E-state index is 0.110. The van der Waals surface area contributed by atoms with E-state index in [-0.39, 0.29) is 53.2 Å². The van der Waals surface area contributed by atoms with Crippen molar-refractivity contribution in [2.45, 2.75) is 116 Å². The highest BCUT2D eigenvalue weighted by Crippen LogP contribution is 2.44. The van der Waals surface area contributed by atoms with Crippen LogP contribution in [0, 0.1) is 86.7 Å². The first-order valence-electron chi connectivity index (χ1n) is 37.6. The smallest absolute Gasteiger partial charge is 0.176 e. The summed E-state index contributed by atoms with van der Waals surface area (Å²) in [6.07, 6.45) is 11.7. The molecule has 560 valence electrons. The van der Waals surface area contributed by atoms with Crippen LogP contribution >= 0.6 is 0 Å². The first-order chi connectivity index (χ1) is 51.1. The van der Waals surface area contributed by atoms with Crippen molar-refractivity contribution >= 4 is 11.6 Å². The molecule has 14 atom stereocenters. The summed E-state index contributed by atoms with van der Waals surface area (Å²) < 4.78 is 51.4. The number of phenolic OH excluding ortho intramolecular Hbond substituents is 4. The number of carbonyl (C=O) groups excluding carboxylic acids is 2. The number of phenols is 4. The molecule has 6 aromatic carbocycles. The molecule has 0 radical (unpaired) electrons. The van der Waals surface area contributed by atoms with Crippen LogP contribution in [0.2, 0.25) is 0 Å². The first kappa shape index (κ1) is 75.2. The van der Waals surface area contributed by atoms with Gasteiger partial charge in [0.1, 0.15) is 34.5 Å². The van der Waals surface area contributed by atoms with Crippen molar-refractivity contribution in [3.05, 3.63) is 227 Å².